The number of ketones is 1. The first-order chi connectivity index (χ1) is 35.1. The van der Waals surface area contributed by atoms with Crippen LogP contribution in [0.15, 0.2) is 52.5 Å². The number of alkyl halides is 6. The van der Waals surface area contributed by atoms with Crippen LogP contribution in [0.25, 0.3) is 22.0 Å². The molecular weight excluding hydrogens is 1040 g/mol. The van der Waals surface area contributed by atoms with E-state index in [0.29, 0.717) is 23.1 Å². The molecule has 0 bridgehead atoms. The minimum Gasteiger partial charge on any atom is -0.494 e. The average Bonchev–Trinajstić information content (AvgIpc) is 4.08. The fraction of sp³-hybridized carbons (Fsp3) is 0.460. The van der Waals surface area contributed by atoms with Crippen LogP contribution in [-0.4, -0.2) is 96.8 Å². The van der Waals surface area contributed by atoms with E-state index in [0.717, 1.165) is 30.5 Å². The molecule has 0 spiro atoms. The average molecular weight is 1090 g/mol. The number of unbranched alkanes of at least 4 members (excludes halogenated alkanes) is 1. The van der Waals surface area contributed by atoms with E-state index >= 15 is 8.78 Å². The Labute approximate surface area is 434 Å². The molecule has 0 saturated carbocycles. The molecule has 2 fully saturated rings. The number of rotatable bonds is 15. The zero-order valence-electron chi connectivity index (χ0n) is 41.2. The van der Waals surface area contributed by atoms with Crippen molar-refractivity contribution in [2.75, 3.05) is 31.3 Å². The SMILES string of the molecule is Cc1ncsc1-c1nnc([C@@H]2C[C@@H](O)CN2C(=O)[C@@H](NC(=O)COCCCCOc2ccc(-c3ncc(N4C(=S)CCC(c5ccc(C#N)c(C(F)(F)F)c5F)C(=O)C4(C)C)cc3F)c(C(F)(F)F)c2)C(C)(C)C)o1. The molecule has 2 amide bonds. The summed E-state index contributed by atoms with van der Waals surface area (Å²) in [6.45, 7) is 9.27. The highest BCUT2D eigenvalue weighted by Crippen LogP contribution is 2.44. The van der Waals surface area contributed by atoms with E-state index in [1.807, 2.05) is 0 Å². The Morgan fingerprint density at radius 2 is 1.76 bits per heavy atom. The second-order valence-corrected chi connectivity index (χ2v) is 20.9. The highest BCUT2D eigenvalue weighted by atomic mass is 32.1. The van der Waals surface area contributed by atoms with Gasteiger partial charge in [-0.2, -0.15) is 31.6 Å². The summed E-state index contributed by atoms with van der Waals surface area (Å²) >= 11 is 6.88. The summed E-state index contributed by atoms with van der Waals surface area (Å²) in [4.78, 5) is 52.6. The van der Waals surface area contributed by atoms with Crippen molar-refractivity contribution in [1.82, 2.24) is 30.4 Å². The quantitative estimate of drug-likeness (QED) is 0.0571. The van der Waals surface area contributed by atoms with Gasteiger partial charge < -0.3 is 34.1 Å². The maximum Gasteiger partial charge on any atom is 0.420 e. The summed E-state index contributed by atoms with van der Waals surface area (Å²) in [5.41, 5.74) is -6.42. The molecule has 4 atom stereocenters. The molecule has 25 heteroatoms. The first-order valence-corrected chi connectivity index (χ1v) is 24.7. The van der Waals surface area contributed by atoms with Gasteiger partial charge in [0.1, 0.15) is 46.4 Å². The van der Waals surface area contributed by atoms with Crippen LogP contribution in [0.2, 0.25) is 0 Å². The van der Waals surface area contributed by atoms with Gasteiger partial charge in [-0.1, -0.05) is 39.1 Å². The predicted molar refractivity (Wildman–Crippen MR) is 259 cm³/mol. The fourth-order valence-electron chi connectivity index (χ4n) is 9.09. The third kappa shape index (κ3) is 12.1. The van der Waals surface area contributed by atoms with Crippen molar-refractivity contribution >= 4 is 51.8 Å². The summed E-state index contributed by atoms with van der Waals surface area (Å²) in [7, 11) is 0. The number of ether oxygens (including phenoxy) is 2. The van der Waals surface area contributed by atoms with Gasteiger partial charge in [0.2, 0.25) is 17.7 Å². The number of hydrogen-bond acceptors (Lipinski definition) is 14. The third-order valence-electron chi connectivity index (χ3n) is 12.8. The van der Waals surface area contributed by atoms with Gasteiger partial charge in [0.05, 0.1) is 63.5 Å². The van der Waals surface area contributed by atoms with Gasteiger partial charge in [-0.05, 0) is 81.7 Å². The maximum atomic E-state index is 16.0. The number of thiazole rings is 1. The number of thiocarbonyl (C=S) groups is 1. The first-order valence-electron chi connectivity index (χ1n) is 23.4. The number of aromatic nitrogens is 4. The van der Waals surface area contributed by atoms with Crippen LogP contribution in [-0.2, 0) is 31.5 Å². The van der Waals surface area contributed by atoms with Crippen LogP contribution < -0.4 is 15.0 Å². The number of Topliss-reactive ketones (excluding diaryl/α,β-unsaturated/α-hetero) is 1. The Kier molecular flexibility index (Phi) is 16.5. The smallest absolute Gasteiger partial charge is 0.420 e. The van der Waals surface area contributed by atoms with Crippen LogP contribution in [0.4, 0.5) is 40.8 Å². The standard InChI is InChI=1S/C50H50F8N8O7S2/c1-25-41(75-24-61-25)45-64-63-44(73-45)35-18-28(67)22-65(35)46(70)42(47(2,3)4)62-36(68)23-71-15-7-8-16-72-29-10-12-32(33(19-29)49(53,54)55)40-34(51)17-27(21-60-40)66-37(74)14-13-31(43(69)48(66,5)6)30-11-9-26(20-59)38(39(30)52)50(56,57)58/h9-12,17,19,21,24,28,31,35,42,67H,7-8,13-16,18,22-23H2,1-6H3,(H,62,68)/t28-,31?,35+,42-/m1/s1. The molecule has 0 aliphatic carbocycles. The molecule has 3 aromatic heterocycles. The highest BCUT2D eigenvalue weighted by molar-refractivity contribution is 7.80. The molecule has 1 unspecified atom stereocenters. The lowest BCUT2D eigenvalue weighted by Crippen LogP contribution is -2.55. The second kappa shape index (κ2) is 22.0. The second-order valence-electron chi connectivity index (χ2n) is 19.6. The van der Waals surface area contributed by atoms with Crippen molar-refractivity contribution in [2.24, 2.45) is 5.41 Å². The van der Waals surface area contributed by atoms with Crippen molar-refractivity contribution in [3.8, 4) is 33.8 Å². The molecule has 2 aliphatic rings. The van der Waals surface area contributed by atoms with Crippen molar-refractivity contribution in [1.29, 1.82) is 5.26 Å². The van der Waals surface area contributed by atoms with Gasteiger partial charge in [0.25, 0.3) is 5.89 Å². The molecule has 15 nitrogen and oxygen atoms in total. The molecule has 5 heterocycles. The molecule has 75 heavy (non-hydrogen) atoms. The fourth-order valence-corrected chi connectivity index (χ4v) is 10.3. The van der Waals surface area contributed by atoms with E-state index in [2.05, 4.69) is 25.5 Å². The number of hydrogen-bond donors (Lipinski definition) is 2. The number of halogens is 8. The zero-order chi connectivity index (χ0) is 54.9. The van der Waals surface area contributed by atoms with Gasteiger partial charge in [-0.15, -0.1) is 21.5 Å². The number of nitrogens with one attached hydrogen (secondary N) is 1. The van der Waals surface area contributed by atoms with Crippen molar-refractivity contribution in [3.63, 3.8) is 0 Å². The number of aliphatic hydroxyl groups is 1. The number of aliphatic hydroxyl groups excluding tert-OH is 1. The van der Waals surface area contributed by atoms with Crippen LogP contribution >= 0.6 is 23.6 Å². The van der Waals surface area contributed by atoms with Gasteiger partial charge in [0.15, 0.2) is 11.6 Å². The van der Waals surface area contributed by atoms with E-state index in [4.69, 9.17) is 26.1 Å². The minimum atomic E-state index is -5.26. The van der Waals surface area contributed by atoms with E-state index in [1.54, 1.807) is 33.2 Å². The normalized spacial score (nSPS) is 18.7. The van der Waals surface area contributed by atoms with E-state index < -0.39 is 117 Å². The number of nitriles is 1. The number of carbonyl (C=O) groups is 3. The molecule has 2 aliphatic heterocycles. The Bertz CT molecular complexity index is 3020. The molecule has 400 valence electrons. The van der Waals surface area contributed by atoms with Gasteiger partial charge in [-0.25, -0.2) is 13.8 Å². The zero-order valence-corrected chi connectivity index (χ0v) is 42.8. The van der Waals surface area contributed by atoms with E-state index in [-0.39, 0.29) is 73.6 Å². The number of amides is 2. The number of likely N-dealkylation sites (tertiary alicyclic amines) is 1. The number of benzene rings is 2. The Balaban J connectivity index is 0.943. The van der Waals surface area contributed by atoms with Crippen molar-refractivity contribution in [2.45, 2.75) is 116 Å². The third-order valence-corrected chi connectivity index (χ3v) is 14.1. The van der Waals surface area contributed by atoms with E-state index in [9.17, 15) is 51.1 Å². The van der Waals surface area contributed by atoms with Crippen LogP contribution in [0.5, 0.6) is 5.75 Å². The summed E-state index contributed by atoms with van der Waals surface area (Å²) in [5.74, 6) is -6.21. The lowest BCUT2D eigenvalue weighted by Gasteiger charge is -2.38. The van der Waals surface area contributed by atoms with Crippen molar-refractivity contribution in [3.05, 3.63) is 93.6 Å². The lowest BCUT2D eigenvalue weighted by atomic mass is 9.81. The number of β-amino-alcohol motifs (C(OH)–C–C–N with tert-alkyl or cyclic N) is 1. The monoisotopic (exact) mass is 1090 g/mol. The van der Waals surface area contributed by atoms with Gasteiger partial charge in [-0.3, -0.25) is 19.4 Å². The van der Waals surface area contributed by atoms with E-state index in [1.165, 1.54) is 47.1 Å². The number of nitrogens with zero attached hydrogens (tertiary/aromatic N) is 7. The number of carbonyl (C=O) groups excluding carboxylic acids is 3. The van der Waals surface area contributed by atoms with Gasteiger partial charge >= 0.3 is 12.4 Å². The summed E-state index contributed by atoms with van der Waals surface area (Å²) in [5, 5.41) is 30.8. The maximum absolute atomic E-state index is 16.0. The summed E-state index contributed by atoms with van der Waals surface area (Å²) in [6.07, 6.45) is -9.85. The molecule has 0 radical (unpaired) electrons. The molecule has 5 aromatic rings. The van der Waals surface area contributed by atoms with Crippen molar-refractivity contribution < 1.29 is 68.5 Å². The number of aryl methyl sites for hydroxylation is 1. The van der Waals surface area contributed by atoms with Crippen LogP contribution in [0.1, 0.15) is 113 Å². The summed E-state index contributed by atoms with van der Waals surface area (Å²) < 4.78 is 134. The number of pyridine rings is 1. The predicted octanol–water partition coefficient (Wildman–Crippen LogP) is 9.85. The molecule has 2 saturated heterocycles. The van der Waals surface area contributed by atoms with Crippen LogP contribution in [0, 0.1) is 35.3 Å². The molecule has 2 N–H and O–H groups in total. The Morgan fingerprint density at radius 1 is 1.04 bits per heavy atom. The first kappa shape index (κ1) is 56.2. The Morgan fingerprint density at radius 3 is 2.40 bits per heavy atom. The Hall–Kier alpha value is -6.49. The summed E-state index contributed by atoms with van der Waals surface area (Å²) in [6, 6.07) is 4.91. The van der Waals surface area contributed by atoms with Crippen LogP contribution in [0.3, 0.4) is 0 Å². The highest BCUT2D eigenvalue weighted by Gasteiger charge is 2.48. The largest absolute Gasteiger partial charge is 0.494 e. The van der Waals surface area contributed by atoms with Gasteiger partial charge in [0, 0.05) is 37.1 Å². The lowest BCUT2D eigenvalue weighted by molar-refractivity contribution is -0.142. The molecule has 7 rings (SSSR count). The molecular formula is C50H50F8N8O7S2. The number of anilines is 1. The minimum absolute atomic E-state index is 0.00239. The topological polar surface area (TPSA) is 197 Å². The molecule has 2 aromatic carbocycles.